The van der Waals surface area contributed by atoms with E-state index in [-0.39, 0.29) is 16.8 Å². The second-order valence-electron chi connectivity index (χ2n) is 5.79. The molecule has 0 spiro atoms. The topological polar surface area (TPSA) is 97.6 Å². The lowest BCUT2D eigenvalue weighted by atomic mass is 9.90. The first-order chi connectivity index (χ1) is 9.75. The molecule has 7 heteroatoms. The molecular formula is C14H15N5O2. The maximum Gasteiger partial charge on any atom is 0.271 e. The van der Waals surface area contributed by atoms with Gasteiger partial charge in [-0.25, -0.2) is 4.68 Å². The minimum absolute atomic E-state index is 0.0236. The van der Waals surface area contributed by atoms with Crippen molar-refractivity contribution in [2.75, 3.05) is 0 Å². The summed E-state index contributed by atoms with van der Waals surface area (Å²) in [6, 6.07) is 6.57. The Hall–Kier alpha value is -2.75. The number of aromatic nitrogens is 3. The van der Waals surface area contributed by atoms with E-state index in [1.807, 2.05) is 33.8 Å². The second kappa shape index (κ2) is 4.98. The lowest BCUT2D eigenvalue weighted by Crippen LogP contribution is -2.19. The van der Waals surface area contributed by atoms with E-state index in [1.54, 1.807) is 6.07 Å². The minimum atomic E-state index is -0.457. The van der Waals surface area contributed by atoms with Crippen molar-refractivity contribution in [3.8, 4) is 11.8 Å². The summed E-state index contributed by atoms with van der Waals surface area (Å²) >= 11 is 0. The Balaban J connectivity index is 2.74. The molecule has 0 bridgehead atoms. The molecular weight excluding hydrogens is 270 g/mol. The first kappa shape index (κ1) is 14.7. The summed E-state index contributed by atoms with van der Waals surface area (Å²) < 4.78 is 1.51. The highest BCUT2D eigenvalue weighted by molar-refractivity contribution is 5.50. The molecule has 2 aromatic rings. The van der Waals surface area contributed by atoms with E-state index < -0.39 is 4.92 Å². The molecule has 0 aliphatic heterocycles. The molecule has 1 aromatic heterocycles. The summed E-state index contributed by atoms with van der Waals surface area (Å²) in [5.74, 6) is 0. The fraction of sp³-hybridized carbons (Fsp3) is 0.357. The summed E-state index contributed by atoms with van der Waals surface area (Å²) in [6.07, 6.45) is 0. The maximum absolute atomic E-state index is 10.9. The quantitative estimate of drug-likeness (QED) is 0.624. The zero-order valence-corrected chi connectivity index (χ0v) is 12.3. The van der Waals surface area contributed by atoms with Crippen LogP contribution in [0.1, 0.15) is 37.7 Å². The van der Waals surface area contributed by atoms with Crippen molar-refractivity contribution >= 4 is 5.69 Å². The molecule has 0 amide bonds. The van der Waals surface area contributed by atoms with Gasteiger partial charge in [-0.3, -0.25) is 10.1 Å². The van der Waals surface area contributed by atoms with Crippen LogP contribution in [0.15, 0.2) is 18.2 Å². The molecule has 1 heterocycles. The van der Waals surface area contributed by atoms with Gasteiger partial charge in [-0.2, -0.15) is 5.26 Å². The molecule has 0 aliphatic carbocycles. The summed E-state index contributed by atoms with van der Waals surface area (Å²) in [5.41, 5.74) is 1.85. The lowest BCUT2D eigenvalue weighted by molar-refractivity contribution is -0.384. The highest BCUT2D eigenvalue weighted by Crippen LogP contribution is 2.29. The number of nitriles is 1. The van der Waals surface area contributed by atoms with Crippen LogP contribution in [-0.2, 0) is 5.41 Å². The fourth-order valence-electron chi connectivity index (χ4n) is 2.14. The molecule has 0 atom stereocenters. The summed E-state index contributed by atoms with van der Waals surface area (Å²) in [7, 11) is 0. The number of hydrogen-bond donors (Lipinski definition) is 0. The zero-order valence-electron chi connectivity index (χ0n) is 12.3. The number of aryl methyl sites for hydroxylation is 1. The van der Waals surface area contributed by atoms with Gasteiger partial charge in [0.25, 0.3) is 5.69 Å². The number of nitro benzene ring substituents is 1. The SMILES string of the molecule is Cc1ccc([N+](=O)[O-])cc1-n1nnc(C#N)c1C(C)(C)C. The van der Waals surface area contributed by atoms with Gasteiger partial charge in [0.1, 0.15) is 6.07 Å². The smallest absolute Gasteiger partial charge is 0.258 e. The molecule has 7 nitrogen and oxygen atoms in total. The normalized spacial score (nSPS) is 11.2. The van der Waals surface area contributed by atoms with E-state index >= 15 is 0 Å². The van der Waals surface area contributed by atoms with Gasteiger partial charge in [-0.1, -0.05) is 32.1 Å². The summed E-state index contributed by atoms with van der Waals surface area (Å²) in [4.78, 5) is 10.5. The van der Waals surface area contributed by atoms with Gasteiger partial charge in [-0.05, 0) is 12.5 Å². The maximum atomic E-state index is 10.9. The average Bonchev–Trinajstić information content (AvgIpc) is 2.82. The van der Waals surface area contributed by atoms with E-state index in [1.165, 1.54) is 16.8 Å². The van der Waals surface area contributed by atoms with E-state index in [2.05, 4.69) is 10.3 Å². The predicted molar refractivity (Wildman–Crippen MR) is 76.2 cm³/mol. The molecule has 0 saturated carbocycles. The molecule has 108 valence electrons. The number of benzene rings is 1. The van der Waals surface area contributed by atoms with Crippen LogP contribution in [0.3, 0.4) is 0 Å². The Morgan fingerprint density at radius 2 is 2.05 bits per heavy atom. The highest BCUT2D eigenvalue weighted by atomic mass is 16.6. The van der Waals surface area contributed by atoms with Gasteiger partial charge in [0.2, 0.25) is 0 Å². The third-order valence-electron chi connectivity index (χ3n) is 3.12. The van der Waals surface area contributed by atoms with E-state index in [0.29, 0.717) is 11.4 Å². The van der Waals surface area contributed by atoms with E-state index in [0.717, 1.165) is 5.56 Å². The molecule has 1 aromatic carbocycles. The van der Waals surface area contributed by atoms with Crippen molar-refractivity contribution < 1.29 is 4.92 Å². The van der Waals surface area contributed by atoms with Gasteiger partial charge in [0.15, 0.2) is 5.69 Å². The van der Waals surface area contributed by atoms with Crippen molar-refractivity contribution in [2.45, 2.75) is 33.1 Å². The van der Waals surface area contributed by atoms with Gasteiger partial charge < -0.3 is 0 Å². The number of non-ortho nitro benzene ring substituents is 1. The minimum Gasteiger partial charge on any atom is -0.258 e. The molecule has 21 heavy (non-hydrogen) atoms. The molecule has 0 aliphatic rings. The number of nitro groups is 1. The molecule has 0 unspecified atom stereocenters. The van der Waals surface area contributed by atoms with Crippen molar-refractivity contribution in [2.24, 2.45) is 0 Å². The Kier molecular flexibility index (Phi) is 3.47. The first-order valence-corrected chi connectivity index (χ1v) is 6.37. The largest absolute Gasteiger partial charge is 0.271 e. The van der Waals surface area contributed by atoms with Crippen LogP contribution in [0, 0.1) is 28.4 Å². The Morgan fingerprint density at radius 3 is 2.57 bits per heavy atom. The van der Waals surface area contributed by atoms with Crippen LogP contribution in [-0.4, -0.2) is 19.9 Å². The Labute approximate surface area is 122 Å². The Morgan fingerprint density at radius 1 is 1.38 bits per heavy atom. The standard InChI is InChI=1S/C14H15N5O2/c1-9-5-6-10(19(20)21)7-12(9)18-13(14(2,3)4)11(8-15)16-17-18/h5-7H,1-4H3. The van der Waals surface area contributed by atoms with Crippen molar-refractivity contribution in [1.29, 1.82) is 5.26 Å². The number of hydrogen-bond acceptors (Lipinski definition) is 5. The second-order valence-corrected chi connectivity index (χ2v) is 5.79. The number of rotatable bonds is 2. The first-order valence-electron chi connectivity index (χ1n) is 6.37. The van der Waals surface area contributed by atoms with Gasteiger partial charge in [0, 0.05) is 17.5 Å². The van der Waals surface area contributed by atoms with E-state index in [4.69, 9.17) is 0 Å². The third kappa shape index (κ3) is 2.60. The van der Waals surface area contributed by atoms with Crippen LogP contribution in [0.5, 0.6) is 0 Å². The van der Waals surface area contributed by atoms with Crippen LogP contribution in [0.4, 0.5) is 5.69 Å². The Bertz CT molecular complexity index is 750. The van der Waals surface area contributed by atoms with Crippen molar-refractivity contribution in [1.82, 2.24) is 15.0 Å². The van der Waals surface area contributed by atoms with Crippen molar-refractivity contribution in [3.05, 3.63) is 45.3 Å². The zero-order chi connectivity index (χ0) is 15.8. The van der Waals surface area contributed by atoms with Gasteiger partial charge >= 0.3 is 0 Å². The van der Waals surface area contributed by atoms with Crippen LogP contribution >= 0.6 is 0 Å². The number of nitrogens with zero attached hydrogens (tertiary/aromatic N) is 5. The van der Waals surface area contributed by atoms with Crippen molar-refractivity contribution in [3.63, 3.8) is 0 Å². The molecule has 0 saturated heterocycles. The highest BCUT2D eigenvalue weighted by Gasteiger charge is 2.27. The summed E-state index contributed by atoms with van der Waals surface area (Å²) in [5, 5.41) is 28.0. The van der Waals surface area contributed by atoms with Crippen LogP contribution < -0.4 is 0 Å². The average molecular weight is 285 g/mol. The van der Waals surface area contributed by atoms with Gasteiger partial charge in [-0.15, -0.1) is 5.10 Å². The van der Waals surface area contributed by atoms with E-state index in [9.17, 15) is 15.4 Å². The van der Waals surface area contributed by atoms with Crippen LogP contribution in [0.25, 0.3) is 5.69 Å². The molecule has 2 rings (SSSR count). The lowest BCUT2D eigenvalue weighted by Gasteiger charge is -2.20. The third-order valence-corrected chi connectivity index (χ3v) is 3.12. The fourth-order valence-corrected chi connectivity index (χ4v) is 2.14. The molecule has 0 radical (unpaired) electrons. The predicted octanol–water partition coefficient (Wildman–Crippen LogP) is 2.65. The van der Waals surface area contributed by atoms with Gasteiger partial charge in [0.05, 0.1) is 16.3 Å². The van der Waals surface area contributed by atoms with Crippen LogP contribution in [0.2, 0.25) is 0 Å². The monoisotopic (exact) mass is 285 g/mol. The molecule has 0 N–H and O–H groups in total. The molecule has 0 fully saturated rings. The summed E-state index contributed by atoms with van der Waals surface area (Å²) in [6.45, 7) is 7.65.